The first kappa shape index (κ1) is 13.4. The van der Waals surface area contributed by atoms with Gasteiger partial charge in [0.2, 0.25) is 0 Å². The van der Waals surface area contributed by atoms with Crippen LogP contribution in [-0.4, -0.2) is 41.7 Å². The molecule has 1 saturated carbocycles. The third kappa shape index (κ3) is 3.31. The van der Waals surface area contributed by atoms with Crippen LogP contribution in [0.5, 0.6) is 5.75 Å². The molecule has 2 aliphatic rings. The normalized spacial score (nSPS) is 19.9. The molecule has 2 fully saturated rings. The van der Waals surface area contributed by atoms with Gasteiger partial charge in [-0.15, -0.1) is 0 Å². The average molecular weight is 275 g/mol. The number of hydrogen-bond acceptors (Lipinski definition) is 3. The van der Waals surface area contributed by atoms with Gasteiger partial charge >= 0.3 is 0 Å². The van der Waals surface area contributed by atoms with Crippen LogP contribution < -0.4 is 4.74 Å². The quantitative estimate of drug-likeness (QED) is 0.915. The van der Waals surface area contributed by atoms with E-state index in [1.165, 1.54) is 12.8 Å². The van der Waals surface area contributed by atoms with Crippen LogP contribution in [0.2, 0.25) is 0 Å². The van der Waals surface area contributed by atoms with Gasteiger partial charge in [0.05, 0.1) is 12.7 Å². The van der Waals surface area contributed by atoms with Gasteiger partial charge in [-0.2, -0.15) is 0 Å². The Morgan fingerprint density at radius 3 is 2.40 bits per heavy atom. The van der Waals surface area contributed by atoms with Crippen LogP contribution in [0.4, 0.5) is 0 Å². The Morgan fingerprint density at radius 2 is 1.80 bits per heavy atom. The molecule has 108 valence electrons. The standard InChI is InChI=1S/C16H21NO3/c18-14-7-9-17(10-8-14)16(19)13-3-5-15(6-4-13)20-11-12-1-2-12/h3-6,12,14,18H,1-2,7-11H2. The summed E-state index contributed by atoms with van der Waals surface area (Å²) in [6.07, 6.45) is 3.65. The van der Waals surface area contributed by atoms with Crippen molar-refractivity contribution in [1.82, 2.24) is 4.90 Å². The highest BCUT2D eigenvalue weighted by Crippen LogP contribution is 2.29. The number of carbonyl (C=O) groups excluding carboxylic acids is 1. The first-order valence-electron chi connectivity index (χ1n) is 7.42. The monoisotopic (exact) mass is 275 g/mol. The largest absolute Gasteiger partial charge is 0.493 e. The van der Waals surface area contributed by atoms with E-state index < -0.39 is 0 Å². The van der Waals surface area contributed by atoms with Gasteiger partial charge in [0, 0.05) is 18.7 Å². The van der Waals surface area contributed by atoms with E-state index in [9.17, 15) is 9.90 Å². The Kier molecular flexibility index (Phi) is 3.92. The second-order valence-corrected chi connectivity index (χ2v) is 5.80. The fraction of sp³-hybridized carbons (Fsp3) is 0.562. The third-order valence-electron chi connectivity index (χ3n) is 4.04. The van der Waals surface area contributed by atoms with E-state index in [1.54, 1.807) is 0 Å². The summed E-state index contributed by atoms with van der Waals surface area (Å²) in [5, 5.41) is 9.47. The van der Waals surface area contributed by atoms with Crippen LogP contribution in [0.15, 0.2) is 24.3 Å². The van der Waals surface area contributed by atoms with Crippen LogP contribution in [0, 0.1) is 5.92 Å². The number of ether oxygens (including phenoxy) is 1. The number of amides is 1. The molecule has 1 aliphatic carbocycles. The molecule has 4 heteroatoms. The van der Waals surface area contributed by atoms with Crippen molar-refractivity contribution in [3.05, 3.63) is 29.8 Å². The van der Waals surface area contributed by atoms with E-state index in [4.69, 9.17) is 4.74 Å². The summed E-state index contributed by atoms with van der Waals surface area (Å²) >= 11 is 0. The molecule has 0 spiro atoms. The molecule has 4 nitrogen and oxygen atoms in total. The topological polar surface area (TPSA) is 49.8 Å². The first-order chi connectivity index (χ1) is 9.72. The van der Waals surface area contributed by atoms with Gasteiger partial charge in [0.1, 0.15) is 5.75 Å². The van der Waals surface area contributed by atoms with Crippen molar-refractivity contribution in [3.8, 4) is 5.75 Å². The number of nitrogens with zero attached hydrogens (tertiary/aromatic N) is 1. The predicted molar refractivity (Wildman–Crippen MR) is 75.8 cm³/mol. The maximum absolute atomic E-state index is 12.3. The summed E-state index contributed by atoms with van der Waals surface area (Å²) in [6.45, 7) is 2.07. The zero-order chi connectivity index (χ0) is 13.9. The van der Waals surface area contributed by atoms with Crippen molar-refractivity contribution >= 4 is 5.91 Å². The molecule has 1 saturated heterocycles. The molecule has 0 bridgehead atoms. The highest BCUT2D eigenvalue weighted by atomic mass is 16.5. The number of aliphatic hydroxyl groups excluding tert-OH is 1. The molecule has 1 aromatic rings. The van der Waals surface area contributed by atoms with E-state index in [1.807, 2.05) is 29.2 Å². The van der Waals surface area contributed by atoms with Gasteiger partial charge in [-0.25, -0.2) is 0 Å². The number of hydrogen-bond donors (Lipinski definition) is 1. The minimum atomic E-state index is -0.253. The van der Waals surface area contributed by atoms with Gasteiger partial charge in [0.25, 0.3) is 5.91 Å². The smallest absolute Gasteiger partial charge is 0.253 e. The maximum Gasteiger partial charge on any atom is 0.253 e. The van der Waals surface area contributed by atoms with E-state index in [0.29, 0.717) is 31.5 Å². The van der Waals surface area contributed by atoms with Gasteiger partial charge < -0.3 is 14.7 Å². The molecule has 3 rings (SSSR count). The Labute approximate surface area is 119 Å². The molecule has 1 aromatic carbocycles. The third-order valence-corrected chi connectivity index (χ3v) is 4.04. The number of likely N-dealkylation sites (tertiary alicyclic amines) is 1. The van der Waals surface area contributed by atoms with Crippen molar-refractivity contribution in [3.63, 3.8) is 0 Å². The van der Waals surface area contributed by atoms with Crippen molar-refractivity contribution in [2.75, 3.05) is 19.7 Å². The lowest BCUT2D eigenvalue weighted by atomic mass is 10.1. The van der Waals surface area contributed by atoms with Gasteiger partial charge in [-0.1, -0.05) is 0 Å². The fourth-order valence-electron chi connectivity index (χ4n) is 2.44. The van der Waals surface area contributed by atoms with Crippen LogP contribution in [-0.2, 0) is 0 Å². The number of aliphatic hydroxyl groups is 1. The molecule has 20 heavy (non-hydrogen) atoms. The summed E-state index contributed by atoms with van der Waals surface area (Å²) in [5.74, 6) is 1.62. The lowest BCUT2D eigenvalue weighted by molar-refractivity contribution is 0.0546. The lowest BCUT2D eigenvalue weighted by Gasteiger charge is -2.29. The summed E-state index contributed by atoms with van der Waals surface area (Å²) in [4.78, 5) is 14.1. The summed E-state index contributed by atoms with van der Waals surface area (Å²) in [7, 11) is 0. The average Bonchev–Trinajstić information content (AvgIpc) is 3.30. The molecule has 1 aliphatic heterocycles. The Hall–Kier alpha value is -1.55. The van der Waals surface area contributed by atoms with Gasteiger partial charge in [0.15, 0.2) is 0 Å². The summed E-state index contributed by atoms with van der Waals surface area (Å²) in [5.41, 5.74) is 0.695. The van der Waals surface area contributed by atoms with Crippen LogP contribution in [0.25, 0.3) is 0 Å². The number of rotatable bonds is 4. The minimum Gasteiger partial charge on any atom is -0.493 e. The van der Waals surface area contributed by atoms with Crippen LogP contribution in [0.3, 0.4) is 0 Å². The maximum atomic E-state index is 12.3. The second-order valence-electron chi connectivity index (χ2n) is 5.80. The fourth-order valence-corrected chi connectivity index (χ4v) is 2.44. The predicted octanol–water partition coefficient (Wildman–Crippen LogP) is 2.07. The van der Waals surface area contributed by atoms with Crippen molar-refractivity contribution in [2.24, 2.45) is 5.92 Å². The van der Waals surface area contributed by atoms with E-state index in [0.717, 1.165) is 18.3 Å². The van der Waals surface area contributed by atoms with Crippen molar-refractivity contribution in [2.45, 2.75) is 31.8 Å². The Morgan fingerprint density at radius 1 is 1.15 bits per heavy atom. The molecule has 0 unspecified atom stereocenters. The molecular weight excluding hydrogens is 254 g/mol. The minimum absolute atomic E-state index is 0.0469. The number of benzene rings is 1. The van der Waals surface area contributed by atoms with E-state index in [2.05, 4.69) is 0 Å². The van der Waals surface area contributed by atoms with Gasteiger partial charge in [-0.3, -0.25) is 4.79 Å². The molecule has 0 aromatic heterocycles. The lowest BCUT2D eigenvalue weighted by Crippen LogP contribution is -2.40. The molecular formula is C16H21NO3. The molecule has 1 heterocycles. The Balaban J connectivity index is 1.56. The van der Waals surface area contributed by atoms with E-state index >= 15 is 0 Å². The second kappa shape index (κ2) is 5.83. The molecule has 0 atom stereocenters. The number of piperidine rings is 1. The first-order valence-corrected chi connectivity index (χ1v) is 7.42. The van der Waals surface area contributed by atoms with E-state index in [-0.39, 0.29) is 12.0 Å². The SMILES string of the molecule is O=C(c1ccc(OCC2CC2)cc1)N1CCC(O)CC1. The van der Waals surface area contributed by atoms with Crippen LogP contribution >= 0.6 is 0 Å². The highest BCUT2D eigenvalue weighted by molar-refractivity contribution is 5.94. The zero-order valence-corrected chi connectivity index (χ0v) is 11.6. The molecule has 1 N–H and O–H groups in total. The zero-order valence-electron chi connectivity index (χ0n) is 11.6. The van der Waals surface area contributed by atoms with Crippen molar-refractivity contribution in [1.29, 1.82) is 0 Å². The van der Waals surface area contributed by atoms with Crippen molar-refractivity contribution < 1.29 is 14.6 Å². The summed E-state index contributed by atoms with van der Waals surface area (Å²) in [6, 6.07) is 7.40. The molecule has 0 radical (unpaired) electrons. The van der Waals surface area contributed by atoms with Gasteiger partial charge in [-0.05, 0) is 55.9 Å². The Bertz CT molecular complexity index is 459. The van der Waals surface area contributed by atoms with Crippen LogP contribution in [0.1, 0.15) is 36.0 Å². The highest BCUT2D eigenvalue weighted by Gasteiger charge is 2.23. The summed E-state index contributed by atoms with van der Waals surface area (Å²) < 4.78 is 5.67. The number of carbonyl (C=O) groups is 1. The molecule has 1 amide bonds.